The summed E-state index contributed by atoms with van der Waals surface area (Å²) in [4.78, 5) is 9.00. The Labute approximate surface area is 61.7 Å². The van der Waals surface area contributed by atoms with E-state index in [0.29, 0.717) is 0 Å². The van der Waals surface area contributed by atoms with Crippen molar-refractivity contribution in [3.63, 3.8) is 0 Å². The van der Waals surface area contributed by atoms with Gasteiger partial charge in [0.25, 0.3) is 0 Å². The second-order valence-electron chi connectivity index (χ2n) is 0.402. The summed E-state index contributed by atoms with van der Waals surface area (Å²) in [6, 6.07) is -0.833. The van der Waals surface area contributed by atoms with Gasteiger partial charge >= 0.3 is 6.03 Å². The van der Waals surface area contributed by atoms with Crippen molar-refractivity contribution in [3.8, 4) is 0 Å². The molecule has 6 N–H and O–H groups in total. The third-order valence-corrected chi connectivity index (χ3v) is 0. The Morgan fingerprint density at radius 2 is 1.29 bits per heavy atom. The van der Waals surface area contributed by atoms with Crippen LogP contribution in [0.15, 0.2) is 0 Å². The van der Waals surface area contributed by atoms with Gasteiger partial charge in [0.1, 0.15) is 0 Å². The van der Waals surface area contributed by atoms with E-state index in [1.807, 2.05) is 0 Å². The van der Waals surface area contributed by atoms with Crippen molar-refractivity contribution in [2.75, 3.05) is 0 Å². The zero-order valence-corrected chi connectivity index (χ0v) is 5.32. The van der Waals surface area contributed by atoms with E-state index < -0.39 is 6.03 Å². The Balaban J connectivity index is -0.0000000150. The quantitative estimate of drug-likeness (QED) is 0.435. The van der Waals surface area contributed by atoms with Gasteiger partial charge in [0, 0.05) is 33.6 Å². The SMILES string of the molecule is NC(N)=O.O.[Fe].[Ni]. The van der Waals surface area contributed by atoms with Crippen molar-refractivity contribution in [2.24, 2.45) is 11.5 Å². The van der Waals surface area contributed by atoms with Gasteiger partial charge < -0.3 is 16.9 Å². The van der Waals surface area contributed by atoms with Gasteiger partial charge in [-0.15, -0.1) is 0 Å². The molecule has 0 spiro atoms. The minimum absolute atomic E-state index is 0. The maximum atomic E-state index is 9.00. The van der Waals surface area contributed by atoms with E-state index in [1.54, 1.807) is 0 Å². The third kappa shape index (κ3) is 1900. The Hall–Kier alpha value is 0.243. The molecule has 7 heavy (non-hydrogen) atoms. The van der Waals surface area contributed by atoms with Crippen molar-refractivity contribution >= 4 is 6.03 Å². The number of carbonyl (C=O) groups excluding carboxylic acids is 1. The molecular weight excluding hydrogens is 187 g/mol. The number of carbonyl (C=O) groups is 1. The first-order valence-corrected chi connectivity index (χ1v) is 0.781. The van der Waals surface area contributed by atoms with E-state index in [-0.39, 0.29) is 39.0 Å². The molecule has 2 amide bonds. The van der Waals surface area contributed by atoms with Crippen LogP contribution in [0.3, 0.4) is 0 Å². The van der Waals surface area contributed by atoms with E-state index in [4.69, 9.17) is 4.79 Å². The van der Waals surface area contributed by atoms with Crippen LogP contribution in [-0.2, 0) is 33.6 Å². The van der Waals surface area contributed by atoms with Crippen LogP contribution in [0.25, 0.3) is 0 Å². The topological polar surface area (TPSA) is 101 Å². The predicted octanol–water partition coefficient (Wildman–Crippen LogP) is -1.81. The van der Waals surface area contributed by atoms with Gasteiger partial charge in [-0.05, 0) is 0 Å². The molecular formula is CH6FeN2NiO2. The first-order chi connectivity index (χ1) is 1.73. The molecule has 6 heteroatoms. The van der Waals surface area contributed by atoms with Crippen LogP contribution in [0.1, 0.15) is 0 Å². The number of hydrogen-bond donors (Lipinski definition) is 2. The first kappa shape index (κ1) is 26.8. The van der Waals surface area contributed by atoms with Crippen LogP contribution >= 0.6 is 0 Å². The molecule has 0 unspecified atom stereocenters. The minimum atomic E-state index is -0.833. The van der Waals surface area contributed by atoms with E-state index in [9.17, 15) is 0 Å². The molecule has 50 valence electrons. The number of primary amides is 2. The number of urea groups is 1. The molecule has 0 bridgehead atoms. The van der Waals surface area contributed by atoms with Crippen LogP contribution in [-0.4, -0.2) is 11.5 Å². The van der Waals surface area contributed by atoms with Crippen LogP contribution < -0.4 is 11.5 Å². The van der Waals surface area contributed by atoms with Gasteiger partial charge in [0.05, 0.1) is 0 Å². The largest absolute Gasteiger partial charge is 0.412 e. The Bertz CT molecular complexity index is 38.7. The smallest absolute Gasteiger partial charge is 0.309 e. The second kappa shape index (κ2) is 16.3. The molecule has 0 aromatic heterocycles. The van der Waals surface area contributed by atoms with Crippen molar-refractivity contribution < 1.29 is 43.8 Å². The summed E-state index contributed by atoms with van der Waals surface area (Å²) in [7, 11) is 0. The second-order valence-corrected chi connectivity index (χ2v) is 0.402. The van der Waals surface area contributed by atoms with Crippen LogP contribution in [0.2, 0.25) is 0 Å². The van der Waals surface area contributed by atoms with E-state index in [0.717, 1.165) is 0 Å². The Morgan fingerprint density at radius 3 is 1.29 bits per heavy atom. The maximum Gasteiger partial charge on any atom is 0.309 e. The van der Waals surface area contributed by atoms with Crippen molar-refractivity contribution in [2.45, 2.75) is 0 Å². The average molecular weight is 193 g/mol. The monoisotopic (exact) mass is 192 g/mol. The number of rotatable bonds is 0. The molecule has 0 saturated heterocycles. The zero-order chi connectivity index (χ0) is 3.58. The number of hydrogen-bond acceptors (Lipinski definition) is 1. The van der Waals surface area contributed by atoms with Crippen molar-refractivity contribution in [1.29, 1.82) is 0 Å². The first-order valence-electron chi connectivity index (χ1n) is 0.781. The molecule has 0 rings (SSSR count). The predicted molar refractivity (Wildman–Crippen MR) is 17.4 cm³/mol. The van der Waals surface area contributed by atoms with Crippen molar-refractivity contribution in [1.82, 2.24) is 0 Å². The normalized spacial score (nSPS) is 3.43. The maximum absolute atomic E-state index is 9.00. The summed E-state index contributed by atoms with van der Waals surface area (Å²) in [5.74, 6) is 0. The van der Waals surface area contributed by atoms with Crippen molar-refractivity contribution in [3.05, 3.63) is 0 Å². The molecule has 0 heterocycles. The summed E-state index contributed by atoms with van der Waals surface area (Å²) in [5, 5.41) is 0. The summed E-state index contributed by atoms with van der Waals surface area (Å²) in [6.07, 6.45) is 0. The van der Waals surface area contributed by atoms with Gasteiger partial charge in [-0.25, -0.2) is 4.79 Å². The molecule has 0 aliphatic rings. The molecule has 4 nitrogen and oxygen atoms in total. The molecule has 0 aliphatic carbocycles. The van der Waals surface area contributed by atoms with Gasteiger partial charge in [0.2, 0.25) is 0 Å². The molecule has 0 aromatic rings. The van der Waals surface area contributed by atoms with Gasteiger partial charge in [-0.3, -0.25) is 0 Å². The van der Waals surface area contributed by atoms with Gasteiger partial charge in [-0.2, -0.15) is 0 Å². The fraction of sp³-hybridized carbons (Fsp3) is 0. The van der Waals surface area contributed by atoms with E-state index in [2.05, 4.69) is 11.5 Å². The molecule has 0 aromatic carbocycles. The fourth-order valence-corrected chi connectivity index (χ4v) is 0. The minimum Gasteiger partial charge on any atom is -0.412 e. The third-order valence-electron chi connectivity index (χ3n) is 0. The van der Waals surface area contributed by atoms with E-state index in [1.165, 1.54) is 0 Å². The molecule has 0 atom stereocenters. The Morgan fingerprint density at radius 1 is 1.29 bits per heavy atom. The van der Waals surface area contributed by atoms with Gasteiger partial charge in [-0.1, -0.05) is 0 Å². The summed E-state index contributed by atoms with van der Waals surface area (Å²) in [6.45, 7) is 0. The van der Waals surface area contributed by atoms with E-state index >= 15 is 0 Å². The molecule has 0 radical (unpaired) electrons. The zero-order valence-electron chi connectivity index (χ0n) is 3.23. The fourth-order valence-electron chi connectivity index (χ4n) is 0. The standard InChI is InChI=1S/CH4N2O.Fe.Ni.H2O/c2-1(3)4;;;/h(H4,2,3,4);;;1H2. The van der Waals surface area contributed by atoms with Crippen LogP contribution in [0.5, 0.6) is 0 Å². The van der Waals surface area contributed by atoms with Crippen LogP contribution in [0, 0.1) is 0 Å². The molecule has 0 aliphatic heterocycles. The molecule has 0 fully saturated rings. The average Bonchev–Trinajstić information content (AvgIpc) is 0.811. The Kier molecular flexibility index (Phi) is 62.6. The number of amides is 2. The van der Waals surface area contributed by atoms with Crippen LogP contribution in [0.4, 0.5) is 4.79 Å². The molecule has 0 saturated carbocycles. The summed E-state index contributed by atoms with van der Waals surface area (Å²) < 4.78 is 0. The van der Waals surface area contributed by atoms with Gasteiger partial charge in [0.15, 0.2) is 0 Å². The number of nitrogens with two attached hydrogens (primary N) is 2. The summed E-state index contributed by atoms with van der Waals surface area (Å²) >= 11 is 0. The summed E-state index contributed by atoms with van der Waals surface area (Å²) in [5.41, 5.74) is 8.50.